The highest BCUT2D eigenvalue weighted by Gasteiger charge is 2.13. The molecule has 3 aromatic rings. The number of amides is 1. The number of nitro groups is 1. The van der Waals surface area contributed by atoms with Crippen LogP contribution >= 0.6 is 11.6 Å². The molecule has 0 aliphatic carbocycles. The van der Waals surface area contributed by atoms with Crippen molar-refractivity contribution in [2.75, 3.05) is 11.9 Å². The lowest BCUT2D eigenvalue weighted by Crippen LogP contribution is -2.14. The molecular formula is C26H22ClN3O5. The third-order valence-electron chi connectivity index (χ3n) is 4.93. The number of benzene rings is 3. The number of nitro benzene ring substituents is 1. The number of ether oxygens (including phenoxy) is 2. The number of aryl methyl sites for hydroxylation is 1. The first-order valence-electron chi connectivity index (χ1n) is 10.6. The summed E-state index contributed by atoms with van der Waals surface area (Å²) in [5.41, 5.74) is 2.57. The Morgan fingerprint density at radius 1 is 1.11 bits per heavy atom. The van der Waals surface area contributed by atoms with Crippen LogP contribution in [0.15, 0.2) is 66.2 Å². The van der Waals surface area contributed by atoms with Crippen LogP contribution in [0.25, 0.3) is 6.08 Å². The number of rotatable bonds is 9. The minimum absolute atomic E-state index is 0.00255. The molecule has 0 aliphatic heterocycles. The SMILES string of the molecule is CCOc1cc(/C=C(\C#N)C(=O)Nc2cc(Cl)ccc2C)ccc1OCc1ccc([N+](=O)[O-])cc1. The Morgan fingerprint density at radius 3 is 2.51 bits per heavy atom. The van der Waals surface area contributed by atoms with Gasteiger partial charge in [-0.1, -0.05) is 23.7 Å². The lowest BCUT2D eigenvalue weighted by Gasteiger charge is -2.13. The van der Waals surface area contributed by atoms with E-state index >= 15 is 0 Å². The molecule has 9 heteroatoms. The second-order valence-electron chi connectivity index (χ2n) is 7.43. The van der Waals surface area contributed by atoms with Gasteiger partial charge in [-0.15, -0.1) is 0 Å². The maximum Gasteiger partial charge on any atom is 0.269 e. The minimum Gasteiger partial charge on any atom is -0.490 e. The third-order valence-corrected chi connectivity index (χ3v) is 5.17. The van der Waals surface area contributed by atoms with Gasteiger partial charge >= 0.3 is 0 Å². The summed E-state index contributed by atoms with van der Waals surface area (Å²) in [5, 5.41) is 23.5. The highest BCUT2D eigenvalue weighted by molar-refractivity contribution is 6.31. The van der Waals surface area contributed by atoms with Crippen molar-refractivity contribution in [3.05, 3.63) is 98.1 Å². The molecular weight excluding hydrogens is 470 g/mol. The van der Waals surface area contributed by atoms with Gasteiger partial charge in [0.25, 0.3) is 11.6 Å². The summed E-state index contributed by atoms with van der Waals surface area (Å²) in [6, 6.07) is 18.1. The maximum atomic E-state index is 12.7. The van der Waals surface area contributed by atoms with Crippen LogP contribution in [0.3, 0.4) is 0 Å². The fourth-order valence-electron chi connectivity index (χ4n) is 3.11. The van der Waals surface area contributed by atoms with Crippen molar-refractivity contribution in [2.45, 2.75) is 20.5 Å². The molecule has 0 aromatic heterocycles. The molecule has 3 aromatic carbocycles. The van der Waals surface area contributed by atoms with Crippen LogP contribution in [-0.2, 0) is 11.4 Å². The zero-order valence-corrected chi connectivity index (χ0v) is 19.8. The standard InChI is InChI=1S/C26H22ClN3O5/c1-3-34-25-13-19(7-11-24(25)35-16-18-5-9-22(10-6-18)30(32)33)12-20(15-28)26(31)29-23-14-21(27)8-4-17(23)2/h4-14H,3,16H2,1-2H3,(H,29,31)/b20-12+. The van der Waals surface area contributed by atoms with E-state index in [0.717, 1.165) is 11.1 Å². The average Bonchev–Trinajstić information content (AvgIpc) is 2.84. The van der Waals surface area contributed by atoms with Crippen LogP contribution in [0.4, 0.5) is 11.4 Å². The number of carbonyl (C=O) groups is 1. The first-order chi connectivity index (χ1) is 16.8. The molecule has 35 heavy (non-hydrogen) atoms. The molecule has 1 amide bonds. The number of halogens is 1. The van der Waals surface area contributed by atoms with Gasteiger partial charge in [-0.2, -0.15) is 5.26 Å². The number of nitriles is 1. The summed E-state index contributed by atoms with van der Waals surface area (Å²) < 4.78 is 11.5. The zero-order valence-electron chi connectivity index (χ0n) is 19.1. The van der Waals surface area contributed by atoms with Gasteiger partial charge in [0.2, 0.25) is 0 Å². The van der Waals surface area contributed by atoms with Gasteiger partial charge in [0.1, 0.15) is 18.2 Å². The fourth-order valence-corrected chi connectivity index (χ4v) is 3.28. The van der Waals surface area contributed by atoms with E-state index in [1.807, 2.05) is 19.9 Å². The smallest absolute Gasteiger partial charge is 0.269 e. The lowest BCUT2D eigenvalue weighted by atomic mass is 10.1. The first-order valence-corrected chi connectivity index (χ1v) is 11.0. The number of carbonyl (C=O) groups excluding carboxylic acids is 1. The monoisotopic (exact) mass is 491 g/mol. The third kappa shape index (κ3) is 6.82. The van der Waals surface area contributed by atoms with Crippen LogP contribution in [-0.4, -0.2) is 17.4 Å². The predicted octanol–water partition coefficient (Wildman–Crippen LogP) is 6.08. The van der Waals surface area contributed by atoms with Gasteiger partial charge in [-0.05, 0) is 73.0 Å². The van der Waals surface area contributed by atoms with Crippen molar-refractivity contribution in [3.63, 3.8) is 0 Å². The van der Waals surface area contributed by atoms with Gasteiger partial charge < -0.3 is 14.8 Å². The normalized spacial score (nSPS) is 10.9. The van der Waals surface area contributed by atoms with Crippen molar-refractivity contribution >= 4 is 35.0 Å². The number of nitrogens with zero attached hydrogens (tertiary/aromatic N) is 2. The van der Waals surface area contributed by atoms with Gasteiger partial charge in [-0.25, -0.2) is 0 Å². The average molecular weight is 492 g/mol. The highest BCUT2D eigenvalue weighted by atomic mass is 35.5. The molecule has 0 saturated heterocycles. The predicted molar refractivity (Wildman–Crippen MR) is 133 cm³/mol. The summed E-state index contributed by atoms with van der Waals surface area (Å²) in [6.07, 6.45) is 1.46. The molecule has 0 bridgehead atoms. The molecule has 178 valence electrons. The molecule has 0 spiro atoms. The zero-order chi connectivity index (χ0) is 25.4. The summed E-state index contributed by atoms with van der Waals surface area (Å²) >= 11 is 6.01. The van der Waals surface area contributed by atoms with Crippen molar-refractivity contribution in [2.24, 2.45) is 0 Å². The Morgan fingerprint density at radius 2 is 1.86 bits per heavy atom. The van der Waals surface area contributed by atoms with Crippen molar-refractivity contribution in [1.29, 1.82) is 5.26 Å². The van der Waals surface area contributed by atoms with Crippen molar-refractivity contribution in [1.82, 2.24) is 0 Å². The van der Waals surface area contributed by atoms with Crippen LogP contribution in [0.1, 0.15) is 23.6 Å². The number of hydrogen-bond acceptors (Lipinski definition) is 6. The van der Waals surface area contributed by atoms with E-state index in [2.05, 4.69) is 5.32 Å². The Bertz CT molecular complexity index is 1310. The minimum atomic E-state index is -0.561. The largest absolute Gasteiger partial charge is 0.490 e. The first kappa shape index (κ1) is 25.3. The molecule has 0 unspecified atom stereocenters. The Balaban J connectivity index is 1.78. The quantitative estimate of drug-likeness (QED) is 0.168. The van der Waals surface area contributed by atoms with E-state index in [0.29, 0.717) is 34.4 Å². The summed E-state index contributed by atoms with van der Waals surface area (Å²) in [7, 11) is 0. The van der Waals surface area contributed by atoms with E-state index in [1.54, 1.807) is 48.5 Å². The molecule has 0 aliphatic rings. The van der Waals surface area contributed by atoms with E-state index in [9.17, 15) is 20.2 Å². The van der Waals surface area contributed by atoms with E-state index in [-0.39, 0.29) is 17.9 Å². The fraction of sp³-hybridized carbons (Fsp3) is 0.154. The van der Waals surface area contributed by atoms with Gasteiger partial charge in [-0.3, -0.25) is 14.9 Å². The van der Waals surface area contributed by atoms with Crippen LogP contribution in [0.2, 0.25) is 5.02 Å². The van der Waals surface area contributed by atoms with Crippen molar-refractivity contribution < 1.29 is 19.2 Å². The summed E-state index contributed by atoms with van der Waals surface area (Å²) in [5.74, 6) is 0.334. The molecule has 1 N–H and O–H groups in total. The van der Waals surface area contributed by atoms with E-state index in [1.165, 1.54) is 18.2 Å². The Hall–Kier alpha value is -4.35. The Kier molecular flexibility index (Phi) is 8.43. The molecule has 8 nitrogen and oxygen atoms in total. The number of nitrogens with one attached hydrogen (secondary N) is 1. The van der Waals surface area contributed by atoms with Crippen LogP contribution in [0.5, 0.6) is 11.5 Å². The molecule has 0 radical (unpaired) electrons. The Labute approximate surface area is 207 Å². The lowest BCUT2D eigenvalue weighted by molar-refractivity contribution is -0.384. The van der Waals surface area contributed by atoms with Crippen molar-refractivity contribution in [3.8, 4) is 17.6 Å². The van der Waals surface area contributed by atoms with Crippen LogP contribution in [0, 0.1) is 28.4 Å². The van der Waals surface area contributed by atoms with Gasteiger partial charge in [0.15, 0.2) is 11.5 Å². The molecule has 0 atom stereocenters. The van der Waals surface area contributed by atoms with Gasteiger partial charge in [0, 0.05) is 22.8 Å². The van der Waals surface area contributed by atoms with E-state index < -0.39 is 10.8 Å². The molecule has 0 heterocycles. The maximum absolute atomic E-state index is 12.7. The number of hydrogen-bond donors (Lipinski definition) is 1. The van der Waals surface area contributed by atoms with Gasteiger partial charge in [0.05, 0.1) is 11.5 Å². The van der Waals surface area contributed by atoms with Crippen LogP contribution < -0.4 is 14.8 Å². The molecule has 3 rings (SSSR count). The second kappa shape index (κ2) is 11.7. The molecule has 0 fully saturated rings. The number of anilines is 1. The summed E-state index contributed by atoms with van der Waals surface area (Å²) in [6.45, 7) is 4.20. The summed E-state index contributed by atoms with van der Waals surface area (Å²) in [4.78, 5) is 23.0. The highest BCUT2D eigenvalue weighted by Crippen LogP contribution is 2.30. The van der Waals surface area contributed by atoms with E-state index in [4.69, 9.17) is 21.1 Å². The molecule has 0 saturated carbocycles. The second-order valence-corrected chi connectivity index (χ2v) is 7.87. The number of non-ortho nitro benzene ring substituents is 1. The topological polar surface area (TPSA) is 114 Å².